The standard InChI is InChI=1S/C12H14OS/c1-2-3-4-8-11(13)10-7-5-6-9-12(10)14/h2,5-7,9,14H,1,3-4,8H2. The van der Waals surface area contributed by atoms with E-state index in [2.05, 4.69) is 19.2 Å². The van der Waals surface area contributed by atoms with Gasteiger partial charge in [0.1, 0.15) is 0 Å². The fraction of sp³-hybridized carbons (Fsp3) is 0.250. The minimum absolute atomic E-state index is 0.164. The van der Waals surface area contributed by atoms with E-state index in [1.165, 1.54) is 0 Å². The normalized spacial score (nSPS) is 9.79. The molecule has 2 heteroatoms. The van der Waals surface area contributed by atoms with Crippen LogP contribution in [0.3, 0.4) is 0 Å². The van der Waals surface area contributed by atoms with Gasteiger partial charge in [-0.3, -0.25) is 4.79 Å². The van der Waals surface area contributed by atoms with E-state index in [9.17, 15) is 4.79 Å². The number of thiol groups is 1. The zero-order valence-corrected chi connectivity index (χ0v) is 8.97. The number of ketones is 1. The molecule has 0 aliphatic rings. The van der Waals surface area contributed by atoms with Crippen LogP contribution in [0.15, 0.2) is 41.8 Å². The highest BCUT2D eigenvalue weighted by Gasteiger charge is 2.07. The number of carbonyl (C=O) groups excluding carboxylic acids is 1. The Morgan fingerprint density at radius 3 is 2.79 bits per heavy atom. The van der Waals surface area contributed by atoms with Gasteiger partial charge < -0.3 is 0 Å². The predicted octanol–water partition coefficient (Wildman–Crippen LogP) is 3.51. The highest BCUT2D eigenvalue weighted by atomic mass is 32.1. The summed E-state index contributed by atoms with van der Waals surface area (Å²) in [6.07, 6.45) is 4.16. The summed E-state index contributed by atoms with van der Waals surface area (Å²) < 4.78 is 0. The van der Waals surface area contributed by atoms with Crippen molar-refractivity contribution in [2.45, 2.75) is 24.2 Å². The van der Waals surface area contributed by atoms with Crippen LogP contribution in [-0.2, 0) is 0 Å². The van der Waals surface area contributed by atoms with E-state index in [0.717, 1.165) is 23.3 Å². The van der Waals surface area contributed by atoms with Gasteiger partial charge in [0.25, 0.3) is 0 Å². The molecule has 1 aromatic carbocycles. The number of unbranched alkanes of at least 4 members (excludes halogenated alkanes) is 1. The van der Waals surface area contributed by atoms with Gasteiger partial charge in [0, 0.05) is 16.9 Å². The Labute approximate surface area is 90.2 Å². The van der Waals surface area contributed by atoms with Crippen LogP contribution in [-0.4, -0.2) is 5.78 Å². The molecule has 0 aliphatic carbocycles. The maximum absolute atomic E-state index is 11.7. The highest BCUT2D eigenvalue weighted by Crippen LogP contribution is 2.15. The molecule has 0 N–H and O–H groups in total. The quantitative estimate of drug-likeness (QED) is 0.337. The average Bonchev–Trinajstić information content (AvgIpc) is 2.18. The van der Waals surface area contributed by atoms with E-state index in [0.29, 0.717) is 6.42 Å². The second-order valence-corrected chi connectivity index (χ2v) is 3.60. The summed E-state index contributed by atoms with van der Waals surface area (Å²) in [6.45, 7) is 3.62. The van der Waals surface area contributed by atoms with Gasteiger partial charge in [0.05, 0.1) is 0 Å². The van der Waals surface area contributed by atoms with Crippen molar-refractivity contribution in [3.63, 3.8) is 0 Å². The third kappa shape index (κ3) is 3.04. The van der Waals surface area contributed by atoms with E-state index in [1.54, 1.807) is 0 Å². The summed E-state index contributed by atoms with van der Waals surface area (Å²) >= 11 is 4.24. The number of hydrogen-bond acceptors (Lipinski definition) is 2. The Morgan fingerprint density at radius 1 is 1.43 bits per heavy atom. The molecule has 0 atom stereocenters. The number of carbonyl (C=O) groups is 1. The molecule has 0 spiro atoms. The molecule has 0 bridgehead atoms. The average molecular weight is 206 g/mol. The molecule has 1 nitrogen and oxygen atoms in total. The van der Waals surface area contributed by atoms with Crippen LogP contribution in [0.1, 0.15) is 29.6 Å². The molecule has 0 aromatic heterocycles. The topological polar surface area (TPSA) is 17.1 Å². The molecule has 0 saturated heterocycles. The smallest absolute Gasteiger partial charge is 0.164 e. The first kappa shape index (κ1) is 11.1. The monoisotopic (exact) mass is 206 g/mol. The highest BCUT2D eigenvalue weighted by molar-refractivity contribution is 7.80. The lowest BCUT2D eigenvalue weighted by atomic mass is 10.1. The first-order valence-corrected chi connectivity index (χ1v) is 5.12. The maximum atomic E-state index is 11.7. The second-order valence-electron chi connectivity index (χ2n) is 3.12. The van der Waals surface area contributed by atoms with Crippen LogP contribution < -0.4 is 0 Å². The van der Waals surface area contributed by atoms with E-state index in [4.69, 9.17) is 0 Å². The van der Waals surface area contributed by atoms with Crippen molar-refractivity contribution >= 4 is 18.4 Å². The molecule has 14 heavy (non-hydrogen) atoms. The first-order valence-electron chi connectivity index (χ1n) is 4.68. The molecule has 0 fully saturated rings. The molecule has 74 valence electrons. The SMILES string of the molecule is C=CCCCC(=O)c1ccccc1S. The van der Waals surface area contributed by atoms with Crippen LogP contribution in [0, 0.1) is 0 Å². The molecule has 0 heterocycles. The molecule has 1 aromatic rings. The van der Waals surface area contributed by atoms with Gasteiger partial charge in [0.2, 0.25) is 0 Å². The Hall–Kier alpha value is -1.02. The Morgan fingerprint density at radius 2 is 2.14 bits per heavy atom. The Balaban J connectivity index is 2.60. The second kappa shape index (κ2) is 5.66. The number of allylic oxidation sites excluding steroid dienone is 1. The van der Waals surface area contributed by atoms with E-state index >= 15 is 0 Å². The fourth-order valence-corrected chi connectivity index (χ4v) is 1.54. The van der Waals surface area contributed by atoms with E-state index < -0.39 is 0 Å². The van der Waals surface area contributed by atoms with E-state index in [-0.39, 0.29) is 5.78 Å². The maximum Gasteiger partial charge on any atom is 0.164 e. The molecular weight excluding hydrogens is 192 g/mol. The zero-order chi connectivity index (χ0) is 10.4. The minimum atomic E-state index is 0.164. The third-order valence-corrected chi connectivity index (χ3v) is 2.41. The summed E-state index contributed by atoms with van der Waals surface area (Å²) in [7, 11) is 0. The predicted molar refractivity (Wildman–Crippen MR) is 62.1 cm³/mol. The number of rotatable bonds is 5. The van der Waals surface area contributed by atoms with Gasteiger partial charge in [-0.25, -0.2) is 0 Å². The van der Waals surface area contributed by atoms with Crippen molar-refractivity contribution in [3.05, 3.63) is 42.5 Å². The lowest BCUT2D eigenvalue weighted by molar-refractivity contribution is 0.0977. The van der Waals surface area contributed by atoms with Crippen LogP contribution in [0.25, 0.3) is 0 Å². The third-order valence-electron chi connectivity index (χ3n) is 2.02. The number of Topliss-reactive ketones (excluding diaryl/α,β-unsaturated/α-hetero) is 1. The summed E-state index contributed by atoms with van der Waals surface area (Å²) in [5.41, 5.74) is 0.722. The summed E-state index contributed by atoms with van der Waals surface area (Å²) in [5, 5.41) is 0. The van der Waals surface area contributed by atoms with Crippen molar-refractivity contribution in [1.82, 2.24) is 0 Å². The summed E-state index contributed by atoms with van der Waals surface area (Å²) in [6, 6.07) is 7.39. The molecule has 0 radical (unpaired) electrons. The van der Waals surface area contributed by atoms with Crippen LogP contribution >= 0.6 is 12.6 Å². The lowest BCUT2D eigenvalue weighted by Crippen LogP contribution is -1.99. The number of hydrogen-bond donors (Lipinski definition) is 1. The van der Waals surface area contributed by atoms with Crippen molar-refractivity contribution < 1.29 is 4.79 Å². The van der Waals surface area contributed by atoms with Gasteiger partial charge in [0.15, 0.2) is 5.78 Å². The van der Waals surface area contributed by atoms with Gasteiger partial charge in [-0.15, -0.1) is 19.2 Å². The lowest BCUT2D eigenvalue weighted by Gasteiger charge is -2.02. The molecule has 1 rings (SSSR count). The van der Waals surface area contributed by atoms with Gasteiger partial charge in [-0.2, -0.15) is 0 Å². The van der Waals surface area contributed by atoms with Crippen molar-refractivity contribution in [2.24, 2.45) is 0 Å². The van der Waals surface area contributed by atoms with Crippen LogP contribution in [0.2, 0.25) is 0 Å². The fourth-order valence-electron chi connectivity index (χ4n) is 1.25. The van der Waals surface area contributed by atoms with Gasteiger partial charge in [-0.1, -0.05) is 24.3 Å². The minimum Gasteiger partial charge on any atom is -0.294 e. The summed E-state index contributed by atoms with van der Waals surface area (Å²) in [4.78, 5) is 12.4. The van der Waals surface area contributed by atoms with Crippen LogP contribution in [0.4, 0.5) is 0 Å². The number of benzene rings is 1. The van der Waals surface area contributed by atoms with Gasteiger partial charge >= 0.3 is 0 Å². The molecule has 0 aliphatic heterocycles. The van der Waals surface area contributed by atoms with Crippen molar-refractivity contribution in [2.75, 3.05) is 0 Å². The Bertz CT molecular complexity index is 331. The molecule has 0 amide bonds. The first-order chi connectivity index (χ1) is 6.75. The molecule has 0 unspecified atom stereocenters. The zero-order valence-electron chi connectivity index (χ0n) is 8.07. The van der Waals surface area contributed by atoms with Crippen molar-refractivity contribution in [3.8, 4) is 0 Å². The molecule has 0 saturated carbocycles. The Kier molecular flexibility index (Phi) is 4.47. The van der Waals surface area contributed by atoms with E-state index in [1.807, 2.05) is 30.3 Å². The molecular formula is C12H14OS. The summed E-state index contributed by atoms with van der Waals surface area (Å²) in [5.74, 6) is 0.164. The van der Waals surface area contributed by atoms with Crippen LogP contribution in [0.5, 0.6) is 0 Å². The van der Waals surface area contributed by atoms with Gasteiger partial charge in [-0.05, 0) is 18.9 Å². The van der Waals surface area contributed by atoms with Crippen molar-refractivity contribution in [1.29, 1.82) is 0 Å². The largest absolute Gasteiger partial charge is 0.294 e.